The van der Waals surface area contributed by atoms with Crippen LogP contribution in [0, 0.1) is 5.92 Å². The van der Waals surface area contributed by atoms with Crippen molar-refractivity contribution in [3.63, 3.8) is 0 Å². The molecule has 96 valence electrons. The van der Waals surface area contributed by atoms with Crippen LogP contribution in [-0.4, -0.2) is 32.5 Å². The smallest absolute Gasteiger partial charge is 0.188 e. The van der Waals surface area contributed by atoms with Crippen molar-refractivity contribution in [1.29, 1.82) is 0 Å². The third-order valence-electron chi connectivity index (χ3n) is 2.92. The molecule has 0 radical (unpaired) electrons. The molecule has 0 amide bonds. The second-order valence-electron chi connectivity index (χ2n) is 4.15. The summed E-state index contributed by atoms with van der Waals surface area (Å²) >= 11 is 5.52. The average molecular weight is 265 g/mol. The highest BCUT2D eigenvalue weighted by atomic mass is 32.5. The molecule has 0 unspecified atom stereocenters. The van der Waals surface area contributed by atoms with Crippen molar-refractivity contribution < 1.29 is 9.05 Å². The van der Waals surface area contributed by atoms with Gasteiger partial charge in [-0.15, -0.1) is 0 Å². The first-order valence-corrected chi connectivity index (χ1v) is 9.11. The normalized spacial score (nSPS) is 18.9. The molecule has 0 aliphatic carbocycles. The van der Waals surface area contributed by atoms with Crippen molar-refractivity contribution in [3.05, 3.63) is 0 Å². The molecule has 5 heteroatoms. The van der Waals surface area contributed by atoms with Crippen molar-refractivity contribution in [2.24, 2.45) is 5.92 Å². The van der Waals surface area contributed by atoms with Gasteiger partial charge < -0.3 is 14.4 Å². The Labute approximate surface area is 104 Å². The summed E-state index contributed by atoms with van der Waals surface area (Å²) in [5.41, 5.74) is 0. The lowest BCUT2D eigenvalue weighted by atomic mass is 9.96. The Bertz CT molecular complexity index is 222. The zero-order valence-electron chi connectivity index (χ0n) is 10.4. The standard InChI is InChI=1S/C11H24NO2PS/c1-3-13-15(16,14-4-2)10-7-11-5-8-12-9-6-11/h11-12H,3-10H2,1-2H3. The van der Waals surface area contributed by atoms with Crippen molar-refractivity contribution in [2.75, 3.05) is 32.5 Å². The maximum atomic E-state index is 5.65. The van der Waals surface area contributed by atoms with Crippen molar-refractivity contribution in [3.8, 4) is 0 Å². The van der Waals surface area contributed by atoms with Gasteiger partial charge in [-0.05, 0) is 63.9 Å². The van der Waals surface area contributed by atoms with Crippen LogP contribution >= 0.6 is 6.49 Å². The van der Waals surface area contributed by atoms with E-state index in [1.165, 1.54) is 19.3 Å². The van der Waals surface area contributed by atoms with Crippen LogP contribution in [0.15, 0.2) is 0 Å². The molecule has 0 aromatic carbocycles. The summed E-state index contributed by atoms with van der Waals surface area (Å²) in [6.07, 6.45) is 4.65. The summed E-state index contributed by atoms with van der Waals surface area (Å²) in [7, 11) is 0. The molecule has 1 heterocycles. The maximum Gasteiger partial charge on any atom is 0.188 e. The first-order chi connectivity index (χ1) is 7.70. The maximum absolute atomic E-state index is 5.65. The van der Waals surface area contributed by atoms with E-state index < -0.39 is 6.49 Å². The lowest BCUT2D eigenvalue weighted by molar-refractivity contribution is 0.262. The van der Waals surface area contributed by atoms with Crippen LogP contribution in [0.4, 0.5) is 0 Å². The molecule has 0 aromatic heterocycles. The lowest BCUT2D eigenvalue weighted by Gasteiger charge is -2.26. The second-order valence-corrected chi connectivity index (χ2v) is 8.01. The third-order valence-corrected chi connectivity index (χ3v) is 6.21. The Hall–Kier alpha value is 0.530. The molecule has 0 aromatic rings. The fourth-order valence-corrected chi connectivity index (χ4v) is 4.82. The van der Waals surface area contributed by atoms with E-state index in [0.717, 1.165) is 25.2 Å². The third kappa shape index (κ3) is 5.24. The van der Waals surface area contributed by atoms with E-state index >= 15 is 0 Å². The first kappa shape index (κ1) is 14.6. The minimum atomic E-state index is -1.97. The van der Waals surface area contributed by atoms with Gasteiger partial charge in [0.25, 0.3) is 0 Å². The van der Waals surface area contributed by atoms with E-state index in [4.69, 9.17) is 20.9 Å². The van der Waals surface area contributed by atoms with E-state index in [9.17, 15) is 0 Å². The quantitative estimate of drug-likeness (QED) is 0.717. The van der Waals surface area contributed by atoms with Crippen molar-refractivity contribution in [1.82, 2.24) is 5.32 Å². The van der Waals surface area contributed by atoms with Crippen molar-refractivity contribution in [2.45, 2.75) is 33.1 Å². The lowest BCUT2D eigenvalue weighted by Crippen LogP contribution is -2.28. The average Bonchev–Trinajstić information content (AvgIpc) is 2.29. The summed E-state index contributed by atoms with van der Waals surface area (Å²) in [4.78, 5) is 0. The summed E-state index contributed by atoms with van der Waals surface area (Å²) in [6.45, 7) is 5.65. The minimum absolute atomic E-state index is 0.670. The first-order valence-electron chi connectivity index (χ1n) is 6.29. The summed E-state index contributed by atoms with van der Waals surface area (Å²) < 4.78 is 11.3. The largest absolute Gasteiger partial charge is 0.330 e. The number of piperidine rings is 1. The van der Waals surface area contributed by atoms with Gasteiger partial charge in [0, 0.05) is 6.16 Å². The molecule has 0 saturated carbocycles. The Balaban J connectivity index is 2.33. The molecule has 1 rings (SSSR count). The van der Waals surface area contributed by atoms with Gasteiger partial charge in [-0.1, -0.05) is 0 Å². The molecule has 1 N–H and O–H groups in total. The van der Waals surface area contributed by atoms with Crippen LogP contribution in [0.25, 0.3) is 0 Å². The van der Waals surface area contributed by atoms with E-state index in [-0.39, 0.29) is 0 Å². The summed E-state index contributed by atoms with van der Waals surface area (Å²) in [6, 6.07) is 0. The SMILES string of the molecule is CCOP(=S)(CCC1CCNCC1)OCC. The predicted molar refractivity (Wildman–Crippen MR) is 72.6 cm³/mol. The molecule has 1 fully saturated rings. The minimum Gasteiger partial charge on any atom is -0.330 e. The molecule has 0 bridgehead atoms. The highest BCUT2D eigenvalue weighted by Crippen LogP contribution is 2.49. The zero-order chi connectivity index (χ0) is 11.9. The van der Waals surface area contributed by atoms with Gasteiger partial charge in [-0.3, -0.25) is 0 Å². The number of rotatable bonds is 7. The molecule has 16 heavy (non-hydrogen) atoms. The van der Waals surface area contributed by atoms with Crippen LogP contribution < -0.4 is 5.32 Å². The fourth-order valence-electron chi connectivity index (χ4n) is 2.07. The molecule has 0 spiro atoms. The van der Waals surface area contributed by atoms with Crippen LogP contribution in [0.5, 0.6) is 0 Å². The Morgan fingerprint density at radius 3 is 2.25 bits per heavy atom. The molecule has 1 saturated heterocycles. The Morgan fingerprint density at radius 1 is 1.19 bits per heavy atom. The van der Waals surface area contributed by atoms with Crippen molar-refractivity contribution >= 4 is 18.3 Å². The number of nitrogens with one attached hydrogen (secondary N) is 1. The molecule has 3 nitrogen and oxygen atoms in total. The second kappa shape index (κ2) is 7.78. The van der Waals surface area contributed by atoms with Gasteiger partial charge in [0.1, 0.15) is 0 Å². The molecule has 1 aliphatic rings. The highest BCUT2D eigenvalue weighted by Gasteiger charge is 2.21. The molecular weight excluding hydrogens is 241 g/mol. The number of hydrogen-bond acceptors (Lipinski definition) is 4. The Kier molecular flexibility index (Phi) is 7.09. The van der Waals surface area contributed by atoms with Gasteiger partial charge in [-0.2, -0.15) is 0 Å². The number of hydrogen-bond donors (Lipinski definition) is 1. The van der Waals surface area contributed by atoms with Gasteiger partial charge >= 0.3 is 0 Å². The topological polar surface area (TPSA) is 30.5 Å². The van der Waals surface area contributed by atoms with E-state index in [1.54, 1.807) is 0 Å². The van der Waals surface area contributed by atoms with E-state index in [2.05, 4.69) is 5.32 Å². The van der Waals surface area contributed by atoms with E-state index in [0.29, 0.717) is 13.2 Å². The van der Waals surface area contributed by atoms with Crippen LogP contribution in [0.2, 0.25) is 0 Å². The fraction of sp³-hybridized carbons (Fsp3) is 1.00. The van der Waals surface area contributed by atoms with Gasteiger partial charge in [0.15, 0.2) is 6.49 Å². The zero-order valence-corrected chi connectivity index (χ0v) is 12.1. The van der Waals surface area contributed by atoms with E-state index in [1.807, 2.05) is 13.8 Å². The summed E-state index contributed by atoms with van der Waals surface area (Å²) in [5, 5.41) is 3.38. The monoisotopic (exact) mass is 265 g/mol. The Morgan fingerprint density at radius 2 is 1.75 bits per heavy atom. The molecular formula is C11H24NO2PS. The highest BCUT2D eigenvalue weighted by molar-refractivity contribution is 8.09. The van der Waals surface area contributed by atoms with Gasteiger partial charge in [0.2, 0.25) is 0 Å². The van der Waals surface area contributed by atoms with Crippen LogP contribution in [-0.2, 0) is 20.9 Å². The van der Waals surface area contributed by atoms with Crippen LogP contribution in [0.3, 0.4) is 0 Å². The van der Waals surface area contributed by atoms with Crippen LogP contribution in [0.1, 0.15) is 33.1 Å². The summed E-state index contributed by atoms with van der Waals surface area (Å²) in [5.74, 6) is 0.810. The molecule has 1 aliphatic heterocycles. The van der Waals surface area contributed by atoms with Gasteiger partial charge in [-0.25, -0.2) is 0 Å². The molecule has 0 atom stereocenters. The van der Waals surface area contributed by atoms with Gasteiger partial charge in [0.05, 0.1) is 13.2 Å². The predicted octanol–water partition coefficient (Wildman–Crippen LogP) is 2.76.